The molecule has 14 heavy (non-hydrogen) atoms. The molecule has 0 amide bonds. The lowest BCUT2D eigenvalue weighted by Crippen LogP contribution is -1.83. The molecule has 2 heteroatoms. The molecule has 0 aliphatic heterocycles. The van der Waals surface area contributed by atoms with E-state index >= 15 is 0 Å². The Bertz CT molecular complexity index is 488. The van der Waals surface area contributed by atoms with E-state index in [1.54, 1.807) is 0 Å². The van der Waals surface area contributed by atoms with E-state index in [0.29, 0.717) is 0 Å². The molecule has 2 aromatic rings. The molecule has 1 aromatic heterocycles. The van der Waals surface area contributed by atoms with Gasteiger partial charge in [0.25, 0.3) is 0 Å². The summed E-state index contributed by atoms with van der Waals surface area (Å²) in [6.07, 6.45) is 7.41. The van der Waals surface area contributed by atoms with Gasteiger partial charge in [-0.15, -0.1) is 6.42 Å². The SMILES string of the molecule is C#Cc1ccc2nc(CCC)[nH]c2c1. The van der Waals surface area contributed by atoms with Crippen LogP contribution in [0.25, 0.3) is 11.0 Å². The van der Waals surface area contributed by atoms with Crippen LogP contribution in [-0.4, -0.2) is 9.97 Å². The van der Waals surface area contributed by atoms with E-state index in [-0.39, 0.29) is 0 Å². The van der Waals surface area contributed by atoms with Crippen molar-refractivity contribution in [1.82, 2.24) is 9.97 Å². The minimum absolute atomic E-state index is 0.893. The molecule has 0 saturated carbocycles. The molecule has 0 spiro atoms. The molecule has 70 valence electrons. The first-order valence-corrected chi connectivity index (χ1v) is 4.78. The van der Waals surface area contributed by atoms with Crippen LogP contribution in [0.5, 0.6) is 0 Å². The van der Waals surface area contributed by atoms with Gasteiger partial charge in [-0.25, -0.2) is 4.98 Å². The Morgan fingerprint density at radius 3 is 3.07 bits per heavy atom. The first kappa shape index (κ1) is 8.83. The summed E-state index contributed by atoms with van der Waals surface area (Å²) >= 11 is 0. The highest BCUT2D eigenvalue weighted by Gasteiger charge is 2.01. The lowest BCUT2D eigenvalue weighted by Gasteiger charge is -1.89. The molecule has 2 nitrogen and oxygen atoms in total. The molecule has 0 saturated heterocycles. The summed E-state index contributed by atoms with van der Waals surface area (Å²) in [6, 6.07) is 5.83. The Hall–Kier alpha value is -1.75. The fourth-order valence-corrected chi connectivity index (χ4v) is 1.51. The van der Waals surface area contributed by atoms with Crippen LogP contribution >= 0.6 is 0 Å². The van der Waals surface area contributed by atoms with Gasteiger partial charge in [0.1, 0.15) is 5.82 Å². The first-order chi connectivity index (χ1) is 6.83. The van der Waals surface area contributed by atoms with Gasteiger partial charge in [-0.1, -0.05) is 12.8 Å². The van der Waals surface area contributed by atoms with Gasteiger partial charge >= 0.3 is 0 Å². The summed E-state index contributed by atoms with van der Waals surface area (Å²) in [5.74, 6) is 3.65. The van der Waals surface area contributed by atoms with Crippen LogP contribution in [0.15, 0.2) is 18.2 Å². The van der Waals surface area contributed by atoms with Crippen LogP contribution in [-0.2, 0) is 6.42 Å². The predicted molar refractivity (Wildman–Crippen MR) is 58.0 cm³/mol. The normalized spacial score (nSPS) is 10.3. The number of H-pyrrole nitrogens is 1. The zero-order valence-electron chi connectivity index (χ0n) is 8.17. The second kappa shape index (κ2) is 3.55. The average Bonchev–Trinajstić information content (AvgIpc) is 2.59. The van der Waals surface area contributed by atoms with Crippen LogP contribution in [0, 0.1) is 12.3 Å². The van der Waals surface area contributed by atoms with Crippen molar-refractivity contribution >= 4 is 11.0 Å². The molecule has 0 bridgehead atoms. The van der Waals surface area contributed by atoms with Crippen molar-refractivity contribution in [3.8, 4) is 12.3 Å². The molecular weight excluding hydrogens is 172 g/mol. The summed E-state index contributed by atoms with van der Waals surface area (Å²) in [5.41, 5.74) is 2.92. The lowest BCUT2D eigenvalue weighted by atomic mass is 10.2. The standard InChI is InChI=1S/C12H12N2/c1-3-5-12-13-10-7-6-9(4-2)8-11(10)14-12/h2,6-8H,3,5H2,1H3,(H,13,14). The topological polar surface area (TPSA) is 28.7 Å². The Balaban J connectivity index is 2.50. The van der Waals surface area contributed by atoms with E-state index in [4.69, 9.17) is 6.42 Å². The smallest absolute Gasteiger partial charge is 0.107 e. The fourth-order valence-electron chi connectivity index (χ4n) is 1.51. The lowest BCUT2D eigenvalue weighted by molar-refractivity contribution is 0.861. The summed E-state index contributed by atoms with van der Waals surface area (Å²) in [7, 11) is 0. The summed E-state index contributed by atoms with van der Waals surface area (Å²) < 4.78 is 0. The fraction of sp³-hybridized carbons (Fsp3) is 0.250. The van der Waals surface area contributed by atoms with Crippen molar-refractivity contribution in [2.24, 2.45) is 0 Å². The number of aromatic amines is 1. The number of hydrogen-bond acceptors (Lipinski definition) is 1. The van der Waals surface area contributed by atoms with Crippen molar-refractivity contribution in [3.05, 3.63) is 29.6 Å². The van der Waals surface area contributed by atoms with Gasteiger partial charge < -0.3 is 4.98 Å². The van der Waals surface area contributed by atoms with Crippen molar-refractivity contribution in [3.63, 3.8) is 0 Å². The van der Waals surface area contributed by atoms with E-state index < -0.39 is 0 Å². The molecule has 0 atom stereocenters. The average molecular weight is 184 g/mol. The van der Waals surface area contributed by atoms with Gasteiger partial charge in [-0.05, 0) is 24.6 Å². The monoisotopic (exact) mass is 184 g/mol. The van der Waals surface area contributed by atoms with E-state index in [1.165, 1.54) is 0 Å². The van der Waals surface area contributed by atoms with Gasteiger partial charge in [0.05, 0.1) is 11.0 Å². The number of imidazole rings is 1. The number of benzene rings is 1. The summed E-state index contributed by atoms with van der Waals surface area (Å²) in [4.78, 5) is 7.72. The van der Waals surface area contributed by atoms with E-state index in [9.17, 15) is 0 Å². The summed E-state index contributed by atoms with van der Waals surface area (Å²) in [6.45, 7) is 2.14. The van der Waals surface area contributed by atoms with Gasteiger partial charge in [0, 0.05) is 12.0 Å². The van der Waals surface area contributed by atoms with E-state index in [1.807, 2.05) is 18.2 Å². The van der Waals surface area contributed by atoms with Crippen molar-refractivity contribution in [2.45, 2.75) is 19.8 Å². The first-order valence-electron chi connectivity index (χ1n) is 4.78. The Labute approximate surface area is 83.4 Å². The maximum atomic E-state index is 5.32. The maximum absolute atomic E-state index is 5.32. The maximum Gasteiger partial charge on any atom is 0.107 e. The number of fused-ring (bicyclic) bond motifs is 1. The number of hydrogen-bond donors (Lipinski definition) is 1. The highest BCUT2D eigenvalue weighted by Crippen LogP contribution is 2.13. The minimum atomic E-state index is 0.893. The number of aromatic nitrogens is 2. The molecule has 1 N–H and O–H groups in total. The second-order valence-corrected chi connectivity index (χ2v) is 3.31. The van der Waals surface area contributed by atoms with Gasteiger partial charge in [0.15, 0.2) is 0 Å². The number of terminal acetylenes is 1. The molecule has 0 aliphatic carbocycles. The van der Waals surface area contributed by atoms with Crippen LogP contribution in [0.3, 0.4) is 0 Å². The van der Waals surface area contributed by atoms with E-state index in [2.05, 4.69) is 22.8 Å². The summed E-state index contributed by atoms with van der Waals surface area (Å²) in [5, 5.41) is 0. The molecule has 0 fully saturated rings. The number of rotatable bonds is 2. The quantitative estimate of drug-likeness (QED) is 0.714. The third kappa shape index (κ3) is 1.49. The van der Waals surface area contributed by atoms with Crippen LogP contribution < -0.4 is 0 Å². The number of nitrogens with one attached hydrogen (secondary N) is 1. The van der Waals surface area contributed by atoms with E-state index in [0.717, 1.165) is 35.3 Å². The van der Waals surface area contributed by atoms with Gasteiger partial charge in [0.2, 0.25) is 0 Å². The van der Waals surface area contributed by atoms with Crippen LogP contribution in [0.1, 0.15) is 24.7 Å². The van der Waals surface area contributed by atoms with Crippen molar-refractivity contribution in [2.75, 3.05) is 0 Å². The number of aryl methyl sites for hydroxylation is 1. The van der Waals surface area contributed by atoms with Crippen LogP contribution in [0.2, 0.25) is 0 Å². The van der Waals surface area contributed by atoms with Gasteiger partial charge in [-0.2, -0.15) is 0 Å². The molecule has 1 heterocycles. The Morgan fingerprint density at radius 2 is 2.36 bits per heavy atom. The zero-order chi connectivity index (χ0) is 9.97. The minimum Gasteiger partial charge on any atom is -0.342 e. The zero-order valence-corrected chi connectivity index (χ0v) is 8.17. The van der Waals surface area contributed by atoms with Crippen LogP contribution in [0.4, 0.5) is 0 Å². The molecule has 2 rings (SSSR count). The second-order valence-electron chi connectivity index (χ2n) is 3.31. The van der Waals surface area contributed by atoms with Crippen molar-refractivity contribution in [1.29, 1.82) is 0 Å². The molecular formula is C12H12N2. The molecule has 0 unspecified atom stereocenters. The highest BCUT2D eigenvalue weighted by atomic mass is 14.9. The molecule has 0 radical (unpaired) electrons. The Morgan fingerprint density at radius 1 is 1.50 bits per heavy atom. The number of nitrogens with zero attached hydrogens (tertiary/aromatic N) is 1. The third-order valence-corrected chi connectivity index (χ3v) is 2.18. The Kier molecular flexibility index (Phi) is 2.24. The third-order valence-electron chi connectivity index (χ3n) is 2.18. The largest absolute Gasteiger partial charge is 0.342 e. The molecule has 0 aliphatic rings. The van der Waals surface area contributed by atoms with Gasteiger partial charge in [-0.3, -0.25) is 0 Å². The highest BCUT2D eigenvalue weighted by molar-refractivity contribution is 5.76. The molecule has 1 aromatic carbocycles. The van der Waals surface area contributed by atoms with Crippen molar-refractivity contribution < 1.29 is 0 Å². The predicted octanol–water partition coefficient (Wildman–Crippen LogP) is 2.50.